The van der Waals surface area contributed by atoms with Crippen molar-refractivity contribution in [2.45, 2.75) is 77.6 Å². The summed E-state index contributed by atoms with van der Waals surface area (Å²) in [5, 5.41) is 0. The number of hydrogen-bond acceptors (Lipinski definition) is 3. The van der Waals surface area contributed by atoms with Crippen LogP contribution in [-0.4, -0.2) is 24.3 Å². The Bertz CT molecular complexity index is 297. The fraction of sp³-hybridized carbons (Fsp3) is 0.933. The van der Waals surface area contributed by atoms with Crippen molar-refractivity contribution in [2.24, 2.45) is 5.41 Å². The van der Waals surface area contributed by atoms with Gasteiger partial charge in [0.05, 0.1) is 12.7 Å². The van der Waals surface area contributed by atoms with Crippen LogP contribution in [0.1, 0.15) is 65.7 Å². The first kappa shape index (κ1) is 14.0. The Morgan fingerprint density at radius 2 is 1.94 bits per heavy atom. The lowest BCUT2D eigenvalue weighted by molar-refractivity contribution is -0.317. The average Bonchev–Trinajstić information content (AvgIpc) is 2.38. The van der Waals surface area contributed by atoms with Crippen LogP contribution in [0.5, 0.6) is 0 Å². The summed E-state index contributed by atoms with van der Waals surface area (Å²) in [6.45, 7) is 6.70. The Morgan fingerprint density at radius 1 is 1.28 bits per heavy atom. The van der Waals surface area contributed by atoms with Crippen LogP contribution in [-0.2, 0) is 14.3 Å². The average molecular weight is 254 g/mol. The van der Waals surface area contributed by atoms with Gasteiger partial charge in [0.2, 0.25) is 0 Å². The van der Waals surface area contributed by atoms with Crippen molar-refractivity contribution in [1.82, 2.24) is 0 Å². The van der Waals surface area contributed by atoms with Gasteiger partial charge in [-0.2, -0.15) is 0 Å². The van der Waals surface area contributed by atoms with E-state index in [0.717, 1.165) is 25.9 Å². The minimum atomic E-state index is -0.386. The van der Waals surface area contributed by atoms with Crippen LogP contribution in [0.3, 0.4) is 0 Å². The molecule has 1 atom stereocenters. The molecule has 1 saturated heterocycles. The molecule has 1 aliphatic carbocycles. The maximum Gasteiger partial charge on any atom is 0.168 e. The van der Waals surface area contributed by atoms with E-state index in [0.29, 0.717) is 12.2 Å². The van der Waals surface area contributed by atoms with Gasteiger partial charge < -0.3 is 9.47 Å². The zero-order valence-electron chi connectivity index (χ0n) is 12.0. The molecule has 2 fully saturated rings. The highest BCUT2D eigenvalue weighted by Crippen LogP contribution is 2.41. The van der Waals surface area contributed by atoms with E-state index in [4.69, 9.17) is 9.47 Å². The highest BCUT2D eigenvalue weighted by atomic mass is 16.7. The lowest BCUT2D eigenvalue weighted by Crippen LogP contribution is -2.52. The highest BCUT2D eigenvalue weighted by molar-refractivity contribution is 5.84. The summed E-state index contributed by atoms with van der Waals surface area (Å²) < 4.78 is 12.2. The van der Waals surface area contributed by atoms with Crippen LogP contribution < -0.4 is 0 Å². The third-order valence-electron chi connectivity index (χ3n) is 4.56. The van der Waals surface area contributed by atoms with Crippen LogP contribution >= 0.6 is 0 Å². The molecule has 0 radical (unpaired) electrons. The minimum absolute atomic E-state index is 0.0109. The number of rotatable bonds is 3. The fourth-order valence-electron chi connectivity index (χ4n) is 3.20. The van der Waals surface area contributed by atoms with Crippen molar-refractivity contribution >= 4 is 5.78 Å². The molecule has 1 aliphatic heterocycles. The van der Waals surface area contributed by atoms with E-state index in [1.54, 1.807) is 0 Å². The predicted molar refractivity (Wildman–Crippen MR) is 70.3 cm³/mol. The Morgan fingerprint density at radius 3 is 2.56 bits per heavy atom. The molecule has 0 aromatic carbocycles. The molecule has 1 spiro atoms. The van der Waals surface area contributed by atoms with Crippen molar-refractivity contribution in [3.05, 3.63) is 0 Å². The molecule has 0 N–H and O–H groups in total. The maximum atomic E-state index is 12.1. The fourth-order valence-corrected chi connectivity index (χ4v) is 3.20. The van der Waals surface area contributed by atoms with Gasteiger partial charge in [0.1, 0.15) is 5.78 Å². The van der Waals surface area contributed by atoms with Crippen molar-refractivity contribution in [2.75, 3.05) is 6.61 Å². The zero-order chi connectivity index (χ0) is 13.2. The van der Waals surface area contributed by atoms with Gasteiger partial charge in [0.15, 0.2) is 5.79 Å². The summed E-state index contributed by atoms with van der Waals surface area (Å²) in [6.07, 6.45) is 7.03. The van der Waals surface area contributed by atoms with Crippen molar-refractivity contribution in [3.8, 4) is 0 Å². The largest absolute Gasteiger partial charge is 0.350 e. The van der Waals surface area contributed by atoms with E-state index in [-0.39, 0.29) is 17.3 Å². The smallest absolute Gasteiger partial charge is 0.168 e. The molecule has 1 heterocycles. The second kappa shape index (κ2) is 5.30. The molecular formula is C15H26O3. The second-order valence-electron chi connectivity index (χ2n) is 6.21. The van der Waals surface area contributed by atoms with Crippen LogP contribution in [0, 0.1) is 5.41 Å². The second-order valence-corrected chi connectivity index (χ2v) is 6.21. The van der Waals surface area contributed by atoms with E-state index in [9.17, 15) is 4.79 Å². The Hall–Kier alpha value is -0.410. The van der Waals surface area contributed by atoms with Crippen LogP contribution in [0.2, 0.25) is 0 Å². The summed E-state index contributed by atoms with van der Waals surface area (Å²) in [5.74, 6) is -0.0905. The first-order chi connectivity index (χ1) is 8.50. The van der Waals surface area contributed by atoms with E-state index < -0.39 is 0 Å². The van der Waals surface area contributed by atoms with Gasteiger partial charge in [0.25, 0.3) is 0 Å². The molecule has 1 saturated carbocycles. The van der Waals surface area contributed by atoms with Crippen molar-refractivity contribution < 1.29 is 14.3 Å². The molecular weight excluding hydrogens is 228 g/mol. The minimum Gasteiger partial charge on any atom is -0.350 e. The van der Waals surface area contributed by atoms with Gasteiger partial charge in [-0.3, -0.25) is 4.79 Å². The summed E-state index contributed by atoms with van der Waals surface area (Å²) in [6, 6.07) is 0. The standard InChI is InChI=1S/C15H26O3/c1-4-12(16)14(2,3)13-8-11-17-15(18-13)9-6-5-7-10-15/h13H,4-11H2,1-3H3. The highest BCUT2D eigenvalue weighted by Gasteiger charge is 2.46. The predicted octanol–water partition coefficient (Wildman–Crippen LogP) is 3.46. The van der Waals surface area contributed by atoms with E-state index in [1.165, 1.54) is 19.3 Å². The summed E-state index contributed by atoms with van der Waals surface area (Å²) in [4.78, 5) is 12.1. The number of carbonyl (C=O) groups excluding carboxylic acids is 1. The number of Topliss-reactive ketones (excluding diaryl/α,β-unsaturated/α-hetero) is 1. The number of ketones is 1. The molecule has 3 nitrogen and oxygen atoms in total. The molecule has 0 aromatic heterocycles. The van der Waals surface area contributed by atoms with Crippen LogP contribution in [0.15, 0.2) is 0 Å². The quantitative estimate of drug-likeness (QED) is 0.773. The topological polar surface area (TPSA) is 35.5 Å². The van der Waals surface area contributed by atoms with Gasteiger partial charge in [-0.05, 0) is 19.3 Å². The normalized spacial score (nSPS) is 28.3. The van der Waals surface area contributed by atoms with Gasteiger partial charge in [-0.1, -0.05) is 27.2 Å². The number of carbonyl (C=O) groups is 1. The first-order valence-electron chi connectivity index (χ1n) is 7.35. The van der Waals surface area contributed by atoms with Crippen LogP contribution in [0.25, 0.3) is 0 Å². The molecule has 2 rings (SSSR count). The SMILES string of the molecule is CCC(=O)C(C)(C)C1CCOC2(CCCCC2)O1. The molecule has 104 valence electrons. The van der Waals surface area contributed by atoms with Crippen molar-refractivity contribution in [3.63, 3.8) is 0 Å². The van der Waals surface area contributed by atoms with E-state index in [2.05, 4.69) is 0 Å². The number of ether oxygens (including phenoxy) is 2. The monoisotopic (exact) mass is 254 g/mol. The molecule has 0 bridgehead atoms. The molecule has 2 aliphatic rings. The third-order valence-corrected chi connectivity index (χ3v) is 4.56. The zero-order valence-corrected chi connectivity index (χ0v) is 12.0. The van der Waals surface area contributed by atoms with Crippen molar-refractivity contribution in [1.29, 1.82) is 0 Å². The molecule has 3 heteroatoms. The summed E-state index contributed by atoms with van der Waals surface area (Å²) >= 11 is 0. The van der Waals surface area contributed by atoms with Crippen LogP contribution in [0.4, 0.5) is 0 Å². The molecule has 1 unspecified atom stereocenters. The lowest BCUT2D eigenvalue weighted by Gasteiger charge is -2.47. The summed E-state index contributed by atoms with van der Waals surface area (Å²) in [7, 11) is 0. The molecule has 18 heavy (non-hydrogen) atoms. The van der Waals surface area contributed by atoms with Gasteiger partial charge in [-0.25, -0.2) is 0 Å². The molecule has 0 amide bonds. The van der Waals surface area contributed by atoms with Gasteiger partial charge in [-0.15, -0.1) is 0 Å². The summed E-state index contributed by atoms with van der Waals surface area (Å²) in [5.41, 5.74) is -0.386. The number of hydrogen-bond donors (Lipinski definition) is 0. The third kappa shape index (κ3) is 2.62. The Balaban J connectivity index is 2.08. The van der Waals surface area contributed by atoms with E-state index >= 15 is 0 Å². The molecule has 0 aromatic rings. The van der Waals surface area contributed by atoms with Gasteiger partial charge >= 0.3 is 0 Å². The Kier molecular flexibility index (Phi) is 4.12. The van der Waals surface area contributed by atoms with Gasteiger partial charge in [0, 0.05) is 24.7 Å². The van der Waals surface area contributed by atoms with E-state index in [1.807, 2.05) is 20.8 Å². The maximum absolute atomic E-state index is 12.1. The first-order valence-corrected chi connectivity index (χ1v) is 7.35. The Labute approximate surface area is 110 Å². The lowest BCUT2D eigenvalue weighted by atomic mass is 9.78.